The van der Waals surface area contributed by atoms with Gasteiger partial charge in [0.25, 0.3) is 0 Å². The van der Waals surface area contributed by atoms with Crippen LogP contribution in [0.15, 0.2) is 21.7 Å². The van der Waals surface area contributed by atoms with Crippen LogP contribution in [0.3, 0.4) is 0 Å². The lowest BCUT2D eigenvalue weighted by molar-refractivity contribution is -0.171. The molecule has 0 aromatic rings. The van der Waals surface area contributed by atoms with E-state index in [1.165, 1.54) is 0 Å². The Bertz CT molecular complexity index is 308. The number of allylic oxidation sites excluding steroid dienone is 4. The van der Waals surface area contributed by atoms with E-state index < -0.39 is 33.6 Å². The van der Waals surface area contributed by atoms with Crippen molar-refractivity contribution in [1.82, 2.24) is 0 Å². The van der Waals surface area contributed by atoms with E-state index in [4.69, 9.17) is 11.6 Å². The Morgan fingerprint density at radius 2 is 1.29 bits per heavy atom. The maximum Gasteiger partial charge on any atom is 0.369 e. The van der Waals surface area contributed by atoms with Crippen molar-refractivity contribution in [3.63, 3.8) is 0 Å². The highest BCUT2D eigenvalue weighted by Gasteiger charge is 2.66. The van der Waals surface area contributed by atoms with Crippen LogP contribution in [-0.2, 0) is 0 Å². The maximum atomic E-state index is 12.6. The molecule has 14 heavy (non-hydrogen) atoms. The van der Waals surface area contributed by atoms with E-state index in [1.807, 2.05) is 0 Å². The van der Waals surface area contributed by atoms with Gasteiger partial charge in [-0.3, -0.25) is 0 Å². The first-order valence-corrected chi connectivity index (χ1v) is 3.77. The molecule has 0 aliphatic heterocycles. The summed E-state index contributed by atoms with van der Waals surface area (Å²) in [5.41, 5.74) is 0. The van der Waals surface area contributed by atoms with Gasteiger partial charge in [0.05, 0.1) is 0 Å². The summed E-state index contributed by atoms with van der Waals surface area (Å²) in [4.78, 5) is 0. The van der Waals surface area contributed by atoms with E-state index in [9.17, 15) is 26.3 Å². The molecule has 0 aromatic heterocycles. The van der Waals surface area contributed by atoms with Gasteiger partial charge in [-0.15, -0.1) is 0 Å². The van der Waals surface area contributed by atoms with Crippen LogP contribution in [0.2, 0.25) is 0 Å². The molecule has 0 aromatic carbocycles. The van der Waals surface area contributed by atoms with E-state index in [-0.39, 0.29) is 0 Å². The first-order valence-electron chi connectivity index (χ1n) is 3.01. The van der Waals surface area contributed by atoms with E-state index in [1.54, 1.807) is 0 Å². The molecule has 1 aliphatic carbocycles. The van der Waals surface area contributed by atoms with Crippen molar-refractivity contribution in [3.05, 3.63) is 21.7 Å². The number of alkyl halides is 4. The fourth-order valence-electron chi connectivity index (χ4n) is 0.744. The molecule has 0 bridgehead atoms. The van der Waals surface area contributed by atoms with E-state index in [0.29, 0.717) is 0 Å². The Labute approximate surface area is 83.8 Å². The van der Waals surface area contributed by atoms with Crippen LogP contribution < -0.4 is 0 Å². The standard InChI is InChI=1S/C6Cl2F6/c7-1-2(9)4(10)6(13,14)5(11,12)3(1)8. The molecule has 0 spiro atoms. The third-order valence-corrected chi connectivity index (χ3v) is 2.40. The van der Waals surface area contributed by atoms with Gasteiger partial charge in [-0.25, -0.2) is 8.78 Å². The summed E-state index contributed by atoms with van der Waals surface area (Å²) < 4.78 is 74.9. The van der Waals surface area contributed by atoms with Gasteiger partial charge in [0.1, 0.15) is 10.1 Å². The predicted molar refractivity (Wildman–Crippen MR) is 37.9 cm³/mol. The first-order chi connectivity index (χ1) is 6.14. The minimum Gasteiger partial charge on any atom is -0.202 e. The van der Waals surface area contributed by atoms with Crippen LogP contribution in [0.5, 0.6) is 0 Å². The van der Waals surface area contributed by atoms with E-state index >= 15 is 0 Å². The summed E-state index contributed by atoms with van der Waals surface area (Å²) in [5, 5.41) is -3.46. The minimum atomic E-state index is -5.31. The van der Waals surface area contributed by atoms with Gasteiger partial charge in [-0.05, 0) is 0 Å². The van der Waals surface area contributed by atoms with Crippen LogP contribution in [0, 0.1) is 0 Å². The summed E-state index contributed by atoms with van der Waals surface area (Å²) in [6, 6.07) is 0. The quantitative estimate of drug-likeness (QED) is 0.573. The smallest absolute Gasteiger partial charge is 0.202 e. The third kappa shape index (κ3) is 1.24. The topological polar surface area (TPSA) is 0 Å². The van der Waals surface area contributed by atoms with Gasteiger partial charge >= 0.3 is 11.8 Å². The highest BCUT2D eigenvalue weighted by Crippen LogP contribution is 2.53. The molecule has 0 nitrogen and oxygen atoms in total. The lowest BCUT2D eigenvalue weighted by atomic mass is 10.0. The molecule has 0 radical (unpaired) electrons. The zero-order chi connectivity index (χ0) is 11.3. The number of rotatable bonds is 0. The number of hydrogen-bond donors (Lipinski definition) is 0. The molecule has 1 rings (SSSR count). The van der Waals surface area contributed by atoms with Crippen molar-refractivity contribution in [2.45, 2.75) is 11.8 Å². The summed E-state index contributed by atoms with van der Waals surface area (Å²) in [6.07, 6.45) is 0. The van der Waals surface area contributed by atoms with Crippen LogP contribution in [0.1, 0.15) is 0 Å². The molecule has 0 unspecified atom stereocenters. The van der Waals surface area contributed by atoms with Crippen molar-refractivity contribution < 1.29 is 26.3 Å². The summed E-state index contributed by atoms with van der Waals surface area (Å²) in [7, 11) is 0. The fraction of sp³-hybridized carbons (Fsp3) is 0.333. The molecule has 0 atom stereocenters. The number of halogens is 8. The Balaban J connectivity index is 3.48. The van der Waals surface area contributed by atoms with Crippen molar-refractivity contribution in [1.29, 1.82) is 0 Å². The Morgan fingerprint density at radius 1 is 0.857 bits per heavy atom. The van der Waals surface area contributed by atoms with Gasteiger partial charge in [-0.2, -0.15) is 17.6 Å². The third-order valence-electron chi connectivity index (χ3n) is 1.52. The van der Waals surface area contributed by atoms with Gasteiger partial charge in [-0.1, -0.05) is 23.2 Å². The van der Waals surface area contributed by atoms with Crippen molar-refractivity contribution in [3.8, 4) is 0 Å². The largest absolute Gasteiger partial charge is 0.369 e. The lowest BCUT2D eigenvalue weighted by Crippen LogP contribution is -2.44. The van der Waals surface area contributed by atoms with Crippen molar-refractivity contribution in [2.24, 2.45) is 0 Å². The molecular formula is C6Cl2F6. The number of hydrogen-bond acceptors (Lipinski definition) is 0. The zero-order valence-corrected chi connectivity index (χ0v) is 7.54. The van der Waals surface area contributed by atoms with E-state index in [0.717, 1.165) is 0 Å². The molecule has 1 aliphatic rings. The molecule has 0 heterocycles. The SMILES string of the molecule is FC1=C(F)C(F)(F)C(F)(F)C(Cl)=C1Cl. The van der Waals surface area contributed by atoms with Crippen molar-refractivity contribution >= 4 is 23.2 Å². The zero-order valence-electron chi connectivity index (χ0n) is 6.02. The van der Waals surface area contributed by atoms with Gasteiger partial charge in [0, 0.05) is 0 Å². The summed E-state index contributed by atoms with van der Waals surface area (Å²) >= 11 is 9.47. The minimum absolute atomic E-state index is 1.54. The van der Waals surface area contributed by atoms with Crippen LogP contribution >= 0.6 is 23.2 Å². The first kappa shape index (κ1) is 11.7. The Hall–Kier alpha value is -0.360. The maximum absolute atomic E-state index is 12.6. The molecular weight excluding hydrogens is 257 g/mol. The molecule has 0 amide bonds. The highest BCUT2D eigenvalue weighted by atomic mass is 35.5. The Morgan fingerprint density at radius 3 is 1.71 bits per heavy atom. The van der Waals surface area contributed by atoms with Crippen LogP contribution in [-0.4, -0.2) is 11.8 Å². The average molecular weight is 257 g/mol. The predicted octanol–water partition coefficient (Wildman–Crippen LogP) is 4.11. The summed E-state index contributed by atoms with van der Waals surface area (Å²) in [5.74, 6) is -15.5. The Kier molecular flexibility index (Phi) is 2.56. The van der Waals surface area contributed by atoms with Crippen LogP contribution in [0.4, 0.5) is 26.3 Å². The fourth-order valence-corrected chi connectivity index (χ4v) is 1.15. The lowest BCUT2D eigenvalue weighted by Gasteiger charge is -2.28. The van der Waals surface area contributed by atoms with Gasteiger partial charge < -0.3 is 0 Å². The highest BCUT2D eigenvalue weighted by molar-refractivity contribution is 6.41. The van der Waals surface area contributed by atoms with Gasteiger partial charge in [0.15, 0.2) is 5.83 Å². The molecule has 0 fully saturated rings. The van der Waals surface area contributed by atoms with E-state index in [2.05, 4.69) is 11.6 Å². The molecule has 0 saturated heterocycles. The second-order valence-electron chi connectivity index (χ2n) is 2.40. The molecule has 8 heteroatoms. The van der Waals surface area contributed by atoms with Gasteiger partial charge in [0.2, 0.25) is 5.83 Å². The normalized spacial score (nSPS) is 25.7. The molecule has 0 saturated carbocycles. The average Bonchev–Trinajstić information content (AvgIpc) is 2.10. The van der Waals surface area contributed by atoms with Crippen LogP contribution in [0.25, 0.3) is 0 Å². The monoisotopic (exact) mass is 256 g/mol. The molecule has 80 valence electrons. The summed E-state index contributed by atoms with van der Waals surface area (Å²) in [6.45, 7) is 0. The molecule has 0 N–H and O–H groups in total. The second kappa shape index (κ2) is 3.06. The van der Waals surface area contributed by atoms with Crippen molar-refractivity contribution in [2.75, 3.05) is 0 Å². The second-order valence-corrected chi connectivity index (χ2v) is 3.16.